The van der Waals surface area contributed by atoms with Gasteiger partial charge in [-0.1, -0.05) is 13.8 Å². The van der Waals surface area contributed by atoms with E-state index in [1.165, 1.54) is 4.68 Å². The van der Waals surface area contributed by atoms with Crippen LogP contribution in [0.1, 0.15) is 42.9 Å². The number of amides is 1. The zero-order chi connectivity index (χ0) is 14.6. The molecule has 0 spiro atoms. The molecule has 106 valence electrons. The Morgan fingerprint density at radius 2 is 2.11 bits per heavy atom. The molecule has 0 bridgehead atoms. The molecule has 0 saturated carbocycles. The number of nitrogens with zero attached hydrogens (tertiary/aromatic N) is 2. The minimum atomic E-state index is -1.31. The maximum Gasteiger partial charge on any atom is 0.328 e. The molecule has 0 aromatic carbocycles. The van der Waals surface area contributed by atoms with Crippen LogP contribution in [0.3, 0.4) is 0 Å². The van der Waals surface area contributed by atoms with Gasteiger partial charge in [0.2, 0.25) is 0 Å². The van der Waals surface area contributed by atoms with E-state index in [4.69, 9.17) is 10.2 Å². The van der Waals surface area contributed by atoms with Crippen molar-refractivity contribution in [3.05, 3.63) is 17.5 Å². The summed E-state index contributed by atoms with van der Waals surface area (Å²) in [5.41, 5.74) is 1.06. The second-order valence-electron chi connectivity index (χ2n) is 4.47. The van der Waals surface area contributed by atoms with Gasteiger partial charge in [0, 0.05) is 6.54 Å². The molecule has 7 heteroatoms. The van der Waals surface area contributed by atoms with Crippen LogP contribution in [-0.4, -0.2) is 44.5 Å². The van der Waals surface area contributed by atoms with Crippen LogP contribution in [0.25, 0.3) is 0 Å². The maximum atomic E-state index is 12.0. The second kappa shape index (κ2) is 6.33. The van der Waals surface area contributed by atoms with Gasteiger partial charge < -0.3 is 15.5 Å². The van der Waals surface area contributed by atoms with Crippen LogP contribution >= 0.6 is 0 Å². The van der Waals surface area contributed by atoms with E-state index in [1.54, 1.807) is 6.07 Å². The van der Waals surface area contributed by atoms with E-state index >= 15 is 0 Å². The number of rotatable bonds is 6. The monoisotopic (exact) mass is 269 g/mol. The van der Waals surface area contributed by atoms with Gasteiger partial charge in [-0.3, -0.25) is 9.48 Å². The molecule has 0 radical (unpaired) electrons. The number of hydrogen-bond acceptors (Lipinski definition) is 4. The standard InChI is InChI=1S/C12H19N3O4/c1-4-15-10(5-8(14-15)7(2)3)11(17)13-9(6-16)12(18)19/h5,7,9,16H,4,6H2,1-3H3,(H,13,17)(H,18,19)/t9-/m1/s1. The predicted molar refractivity (Wildman–Crippen MR) is 68.0 cm³/mol. The highest BCUT2D eigenvalue weighted by Gasteiger charge is 2.22. The van der Waals surface area contributed by atoms with Gasteiger partial charge in [-0.15, -0.1) is 0 Å². The lowest BCUT2D eigenvalue weighted by atomic mass is 10.1. The van der Waals surface area contributed by atoms with Crippen LogP contribution < -0.4 is 5.32 Å². The largest absolute Gasteiger partial charge is 0.480 e. The molecule has 1 amide bonds. The molecule has 0 fully saturated rings. The number of carboxylic acid groups (broad SMARTS) is 1. The summed E-state index contributed by atoms with van der Waals surface area (Å²) in [4.78, 5) is 22.8. The number of nitrogens with one attached hydrogen (secondary N) is 1. The summed E-state index contributed by atoms with van der Waals surface area (Å²) in [6, 6.07) is 0.329. The third-order valence-electron chi connectivity index (χ3n) is 2.71. The molecule has 1 rings (SSSR count). The number of aromatic nitrogens is 2. The van der Waals surface area contributed by atoms with Crippen molar-refractivity contribution in [2.75, 3.05) is 6.61 Å². The quantitative estimate of drug-likeness (QED) is 0.684. The van der Waals surface area contributed by atoms with Crippen molar-refractivity contribution in [1.29, 1.82) is 0 Å². The molecule has 0 saturated heterocycles. The van der Waals surface area contributed by atoms with Crippen LogP contribution in [0.15, 0.2) is 6.07 Å². The van der Waals surface area contributed by atoms with Crippen molar-refractivity contribution >= 4 is 11.9 Å². The second-order valence-corrected chi connectivity index (χ2v) is 4.47. The Morgan fingerprint density at radius 1 is 1.47 bits per heavy atom. The number of aryl methyl sites for hydroxylation is 1. The summed E-state index contributed by atoms with van der Waals surface area (Å²) in [6.45, 7) is 5.61. The van der Waals surface area contributed by atoms with Crippen molar-refractivity contribution < 1.29 is 19.8 Å². The fraction of sp³-hybridized carbons (Fsp3) is 0.583. The molecule has 0 aliphatic heterocycles. The molecule has 0 aliphatic carbocycles. The molecule has 1 aromatic heterocycles. The molecular weight excluding hydrogens is 250 g/mol. The smallest absolute Gasteiger partial charge is 0.328 e. The van der Waals surface area contributed by atoms with Crippen molar-refractivity contribution in [2.24, 2.45) is 0 Å². The molecular formula is C12H19N3O4. The van der Waals surface area contributed by atoms with Gasteiger partial charge in [-0.2, -0.15) is 5.10 Å². The molecule has 0 aliphatic rings. The number of carbonyl (C=O) groups is 2. The third-order valence-corrected chi connectivity index (χ3v) is 2.71. The summed E-state index contributed by atoms with van der Waals surface area (Å²) in [6.07, 6.45) is 0. The molecule has 19 heavy (non-hydrogen) atoms. The van der Waals surface area contributed by atoms with E-state index in [2.05, 4.69) is 10.4 Å². The number of aliphatic carboxylic acids is 1. The van der Waals surface area contributed by atoms with Crippen molar-refractivity contribution in [2.45, 2.75) is 39.3 Å². The average Bonchev–Trinajstić information content (AvgIpc) is 2.79. The summed E-state index contributed by atoms with van der Waals surface area (Å²) in [5, 5.41) is 24.2. The van der Waals surface area contributed by atoms with Crippen molar-refractivity contribution in [3.8, 4) is 0 Å². The first kappa shape index (κ1) is 15.2. The number of carbonyl (C=O) groups excluding carboxylic acids is 1. The van der Waals surface area contributed by atoms with Crippen LogP contribution in [0.5, 0.6) is 0 Å². The predicted octanol–water partition coefficient (Wildman–Crippen LogP) is 0.202. The highest BCUT2D eigenvalue weighted by atomic mass is 16.4. The van der Waals surface area contributed by atoms with E-state index in [0.717, 1.165) is 5.69 Å². The number of carboxylic acids is 1. The minimum Gasteiger partial charge on any atom is -0.480 e. The summed E-state index contributed by atoms with van der Waals surface area (Å²) in [5.74, 6) is -1.65. The SMILES string of the molecule is CCn1nc(C(C)C)cc1C(=O)N[C@H](CO)C(=O)O. The van der Waals surface area contributed by atoms with Gasteiger partial charge in [0.05, 0.1) is 12.3 Å². The Bertz CT molecular complexity index is 468. The van der Waals surface area contributed by atoms with E-state index < -0.39 is 24.5 Å². The molecule has 0 unspecified atom stereocenters. The van der Waals surface area contributed by atoms with Gasteiger partial charge in [0.25, 0.3) is 5.91 Å². The highest BCUT2D eigenvalue weighted by molar-refractivity contribution is 5.95. The van der Waals surface area contributed by atoms with E-state index in [0.29, 0.717) is 12.2 Å². The first-order valence-corrected chi connectivity index (χ1v) is 6.12. The normalized spacial score (nSPS) is 12.5. The lowest BCUT2D eigenvalue weighted by molar-refractivity contribution is -0.140. The molecule has 1 atom stereocenters. The van der Waals surface area contributed by atoms with Crippen molar-refractivity contribution in [1.82, 2.24) is 15.1 Å². The molecule has 3 N–H and O–H groups in total. The lowest BCUT2D eigenvalue weighted by Gasteiger charge is -2.11. The Morgan fingerprint density at radius 3 is 2.53 bits per heavy atom. The summed E-state index contributed by atoms with van der Waals surface area (Å²) in [7, 11) is 0. The summed E-state index contributed by atoms with van der Waals surface area (Å²) >= 11 is 0. The third kappa shape index (κ3) is 3.54. The van der Waals surface area contributed by atoms with Crippen LogP contribution in [0.2, 0.25) is 0 Å². The lowest BCUT2D eigenvalue weighted by Crippen LogP contribution is -2.43. The summed E-state index contributed by atoms with van der Waals surface area (Å²) < 4.78 is 1.51. The van der Waals surface area contributed by atoms with E-state index in [-0.39, 0.29) is 5.92 Å². The van der Waals surface area contributed by atoms with Gasteiger partial charge >= 0.3 is 5.97 Å². The van der Waals surface area contributed by atoms with Gasteiger partial charge in [0.1, 0.15) is 5.69 Å². The zero-order valence-corrected chi connectivity index (χ0v) is 11.3. The number of aliphatic hydroxyl groups excluding tert-OH is 1. The average molecular weight is 269 g/mol. The zero-order valence-electron chi connectivity index (χ0n) is 11.3. The van der Waals surface area contributed by atoms with Gasteiger partial charge in [-0.25, -0.2) is 4.79 Å². The molecule has 7 nitrogen and oxygen atoms in total. The number of hydrogen-bond donors (Lipinski definition) is 3. The van der Waals surface area contributed by atoms with Gasteiger partial charge in [-0.05, 0) is 18.9 Å². The van der Waals surface area contributed by atoms with Crippen LogP contribution in [0, 0.1) is 0 Å². The Hall–Kier alpha value is -1.89. The fourth-order valence-electron chi connectivity index (χ4n) is 1.56. The van der Waals surface area contributed by atoms with Crippen molar-refractivity contribution in [3.63, 3.8) is 0 Å². The topological polar surface area (TPSA) is 104 Å². The van der Waals surface area contributed by atoms with Crippen LogP contribution in [0.4, 0.5) is 0 Å². The Kier molecular flexibility index (Phi) is 5.05. The fourth-order valence-corrected chi connectivity index (χ4v) is 1.56. The van der Waals surface area contributed by atoms with Gasteiger partial charge in [0.15, 0.2) is 6.04 Å². The first-order chi connectivity index (χ1) is 8.90. The maximum absolute atomic E-state index is 12.0. The van der Waals surface area contributed by atoms with E-state index in [9.17, 15) is 9.59 Å². The van der Waals surface area contributed by atoms with Crippen LogP contribution in [-0.2, 0) is 11.3 Å². The minimum absolute atomic E-state index is 0.174. The number of aliphatic hydroxyl groups is 1. The van der Waals surface area contributed by atoms with E-state index in [1.807, 2.05) is 20.8 Å². The first-order valence-electron chi connectivity index (χ1n) is 6.12. The Balaban J connectivity index is 2.95. The highest BCUT2D eigenvalue weighted by Crippen LogP contribution is 2.14. The molecule has 1 heterocycles. The molecule has 1 aromatic rings. The Labute approximate surface area is 111 Å².